The maximum Gasteiger partial charge on any atom is 0.0114 e. The Kier molecular flexibility index (Phi) is 3.44. The van der Waals surface area contributed by atoms with Gasteiger partial charge in [0, 0.05) is 24.7 Å². The third-order valence-corrected chi connectivity index (χ3v) is 5.72. The molecule has 3 fully saturated rings. The van der Waals surface area contributed by atoms with Crippen molar-refractivity contribution in [2.75, 3.05) is 13.1 Å². The van der Waals surface area contributed by atoms with Crippen LogP contribution in [0.4, 0.5) is 0 Å². The number of rotatable bonds is 5. The third kappa shape index (κ3) is 2.46. The van der Waals surface area contributed by atoms with Crippen molar-refractivity contribution in [3.05, 3.63) is 0 Å². The molecule has 0 aromatic heterocycles. The molecular weight excluding hydrogens is 220 g/mol. The normalized spacial score (nSPS) is 42.2. The van der Waals surface area contributed by atoms with Gasteiger partial charge in [-0.3, -0.25) is 4.90 Å². The predicted molar refractivity (Wildman–Crippen MR) is 76.7 cm³/mol. The van der Waals surface area contributed by atoms with Crippen LogP contribution in [0.25, 0.3) is 0 Å². The quantitative estimate of drug-likeness (QED) is 0.807. The van der Waals surface area contributed by atoms with Gasteiger partial charge in [0.2, 0.25) is 0 Å². The molecule has 3 rings (SSSR count). The van der Waals surface area contributed by atoms with Crippen molar-refractivity contribution in [3.63, 3.8) is 0 Å². The maximum atomic E-state index is 3.75. The Balaban J connectivity index is 1.53. The molecule has 18 heavy (non-hydrogen) atoms. The predicted octanol–water partition coefficient (Wildman–Crippen LogP) is 3.03. The Hall–Kier alpha value is -0.0800. The van der Waals surface area contributed by atoms with Gasteiger partial charge in [0.1, 0.15) is 0 Å². The number of hydrogen-bond acceptors (Lipinski definition) is 2. The van der Waals surface area contributed by atoms with E-state index in [9.17, 15) is 0 Å². The standard InChI is InChI=1S/C16H30N2/c1-4-7-17-13-8-14-5-6-15(9-13)18(14)11-12-10-16(12,2)3/h12-15,17H,4-11H2,1-3H3. The number of piperidine rings is 1. The molecule has 2 aliphatic heterocycles. The minimum atomic E-state index is 0.650. The molecule has 0 amide bonds. The Morgan fingerprint density at radius 1 is 1.17 bits per heavy atom. The molecule has 3 atom stereocenters. The Morgan fingerprint density at radius 2 is 1.78 bits per heavy atom. The van der Waals surface area contributed by atoms with Crippen LogP contribution in [0.1, 0.15) is 59.3 Å². The zero-order chi connectivity index (χ0) is 12.8. The average molecular weight is 250 g/mol. The van der Waals surface area contributed by atoms with Crippen LogP contribution in [-0.4, -0.2) is 36.1 Å². The summed E-state index contributed by atoms with van der Waals surface area (Å²) in [5, 5.41) is 3.75. The molecule has 3 unspecified atom stereocenters. The van der Waals surface area contributed by atoms with Crippen LogP contribution >= 0.6 is 0 Å². The Labute approximate surface area is 113 Å². The van der Waals surface area contributed by atoms with E-state index in [1.54, 1.807) is 0 Å². The molecule has 104 valence electrons. The van der Waals surface area contributed by atoms with Gasteiger partial charge >= 0.3 is 0 Å². The summed E-state index contributed by atoms with van der Waals surface area (Å²) in [5.41, 5.74) is 0.650. The van der Waals surface area contributed by atoms with Crippen LogP contribution in [0.5, 0.6) is 0 Å². The fraction of sp³-hybridized carbons (Fsp3) is 1.00. The first-order chi connectivity index (χ1) is 8.60. The third-order valence-electron chi connectivity index (χ3n) is 5.72. The van der Waals surface area contributed by atoms with E-state index in [1.165, 1.54) is 51.6 Å². The van der Waals surface area contributed by atoms with Gasteiger partial charge in [-0.15, -0.1) is 0 Å². The van der Waals surface area contributed by atoms with Gasteiger partial charge in [0.05, 0.1) is 0 Å². The summed E-state index contributed by atoms with van der Waals surface area (Å²) in [7, 11) is 0. The Bertz CT molecular complexity index is 285. The summed E-state index contributed by atoms with van der Waals surface area (Å²) in [6.45, 7) is 9.75. The molecule has 1 N–H and O–H groups in total. The van der Waals surface area contributed by atoms with Gasteiger partial charge in [0.15, 0.2) is 0 Å². The van der Waals surface area contributed by atoms with E-state index < -0.39 is 0 Å². The second-order valence-corrected chi connectivity index (χ2v) is 7.59. The second kappa shape index (κ2) is 4.79. The largest absolute Gasteiger partial charge is 0.314 e. The van der Waals surface area contributed by atoms with Gasteiger partial charge < -0.3 is 5.32 Å². The van der Waals surface area contributed by atoms with Crippen LogP contribution in [-0.2, 0) is 0 Å². The molecule has 0 aromatic rings. The zero-order valence-corrected chi connectivity index (χ0v) is 12.4. The highest BCUT2D eigenvalue weighted by atomic mass is 15.2. The lowest BCUT2D eigenvalue weighted by Gasteiger charge is -2.39. The van der Waals surface area contributed by atoms with Crippen molar-refractivity contribution in [1.29, 1.82) is 0 Å². The van der Waals surface area contributed by atoms with Crippen molar-refractivity contribution in [3.8, 4) is 0 Å². The Morgan fingerprint density at radius 3 is 2.28 bits per heavy atom. The summed E-state index contributed by atoms with van der Waals surface area (Å²) in [4.78, 5) is 2.88. The summed E-state index contributed by atoms with van der Waals surface area (Å²) in [6.07, 6.45) is 8.46. The van der Waals surface area contributed by atoms with E-state index in [1.807, 2.05) is 0 Å². The molecule has 2 nitrogen and oxygen atoms in total. The molecule has 0 aromatic carbocycles. The molecule has 3 aliphatic rings. The van der Waals surface area contributed by atoms with Crippen LogP contribution in [0.15, 0.2) is 0 Å². The highest BCUT2D eigenvalue weighted by molar-refractivity contribution is 5.03. The van der Waals surface area contributed by atoms with Gasteiger partial charge in [-0.2, -0.15) is 0 Å². The highest BCUT2D eigenvalue weighted by Gasteiger charge is 2.49. The minimum absolute atomic E-state index is 0.650. The molecule has 0 radical (unpaired) electrons. The molecule has 2 bridgehead atoms. The van der Waals surface area contributed by atoms with Crippen LogP contribution < -0.4 is 5.32 Å². The topological polar surface area (TPSA) is 15.3 Å². The molecule has 0 spiro atoms. The van der Waals surface area contributed by atoms with Crippen molar-refractivity contribution in [2.24, 2.45) is 11.3 Å². The lowest BCUT2D eigenvalue weighted by Crippen LogP contribution is -2.50. The van der Waals surface area contributed by atoms with Crippen molar-refractivity contribution in [2.45, 2.75) is 77.4 Å². The fourth-order valence-corrected chi connectivity index (χ4v) is 4.23. The van der Waals surface area contributed by atoms with Crippen LogP contribution in [0.3, 0.4) is 0 Å². The summed E-state index contributed by atoms with van der Waals surface area (Å²) >= 11 is 0. The van der Waals surface area contributed by atoms with Crippen LogP contribution in [0.2, 0.25) is 0 Å². The summed E-state index contributed by atoms with van der Waals surface area (Å²) < 4.78 is 0. The monoisotopic (exact) mass is 250 g/mol. The SMILES string of the molecule is CCCNC1CC2CCC(C1)N2CC1CC1(C)C. The number of nitrogens with zero attached hydrogens (tertiary/aromatic N) is 1. The zero-order valence-electron chi connectivity index (χ0n) is 12.4. The van der Waals surface area contributed by atoms with Gasteiger partial charge in [-0.05, 0) is 56.4 Å². The summed E-state index contributed by atoms with van der Waals surface area (Å²) in [6, 6.07) is 2.61. The number of hydrogen-bond donors (Lipinski definition) is 1. The van der Waals surface area contributed by atoms with Crippen molar-refractivity contribution < 1.29 is 0 Å². The number of nitrogens with one attached hydrogen (secondary N) is 1. The van der Waals surface area contributed by atoms with Gasteiger partial charge in [0.25, 0.3) is 0 Å². The minimum Gasteiger partial charge on any atom is -0.314 e. The smallest absolute Gasteiger partial charge is 0.0114 e. The van der Waals surface area contributed by atoms with E-state index in [0.29, 0.717) is 5.41 Å². The second-order valence-electron chi connectivity index (χ2n) is 7.59. The molecule has 1 saturated carbocycles. The molecule has 2 heteroatoms. The first kappa shape index (κ1) is 12.9. The first-order valence-corrected chi connectivity index (χ1v) is 8.09. The molecule has 2 heterocycles. The molecule has 2 saturated heterocycles. The van der Waals surface area contributed by atoms with E-state index in [2.05, 4.69) is 31.0 Å². The van der Waals surface area contributed by atoms with E-state index >= 15 is 0 Å². The van der Waals surface area contributed by atoms with Gasteiger partial charge in [-0.25, -0.2) is 0 Å². The number of fused-ring (bicyclic) bond motifs is 2. The summed E-state index contributed by atoms with van der Waals surface area (Å²) in [5.74, 6) is 0.987. The van der Waals surface area contributed by atoms with Crippen molar-refractivity contribution >= 4 is 0 Å². The average Bonchev–Trinajstić information content (AvgIpc) is 2.86. The van der Waals surface area contributed by atoms with E-state index in [0.717, 1.165) is 24.0 Å². The highest BCUT2D eigenvalue weighted by Crippen LogP contribution is 2.53. The van der Waals surface area contributed by atoms with E-state index in [4.69, 9.17) is 0 Å². The fourth-order valence-electron chi connectivity index (χ4n) is 4.23. The van der Waals surface area contributed by atoms with Crippen molar-refractivity contribution in [1.82, 2.24) is 10.2 Å². The van der Waals surface area contributed by atoms with Gasteiger partial charge in [-0.1, -0.05) is 20.8 Å². The lowest BCUT2D eigenvalue weighted by atomic mass is 9.96. The maximum absolute atomic E-state index is 3.75. The van der Waals surface area contributed by atoms with E-state index in [-0.39, 0.29) is 0 Å². The molecular formula is C16H30N2. The molecule has 1 aliphatic carbocycles. The lowest BCUT2D eigenvalue weighted by molar-refractivity contribution is 0.107. The first-order valence-electron chi connectivity index (χ1n) is 8.09. The van der Waals surface area contributed by atoms with Crippen LogP contribution in [0, 0.1) is 11.3 Å².